The summed E-state index contributed by atoms with van der Waals surface area (Å²) in [5.41, 5.74) is 1.22. The Morgan fingerprint density at radius 3 is 2.70 bits per heavy atom. The number of nitrogens with zero attached hydrogens (tertiary/aromatic N) is 3. The van der Waals surface area contributed by atoms with Crippen molar-refractivity contribution in [2.75, 3.05) is 18.0 Å². The summed E-state index contributed by atoms with van der Waals surface area (Å²) in [5, 5.41) is 10.0. The van der Waals surface area contributed by atoms with E-state index in [1.165, 1.54) is 0 Å². The quantitative estimate of drug-likeness (QED) is 0.718. The summed E-state index contributed by atoms with van der Waals surface area (Å²) in [7, 11) is 0. The predicted molar refractivity (Wildman–Crippen MR) is 80.6 cm³/mol. The van der Waals surface area contributed by atoms with E-state index in [1.807, 2.05) is 0 Å². The van der Waals surface area contributed by atoms with E-state index < -0.39 is 5.82 Å². The molecule has 0 radical (unpaired) electrons. The number of hydrogen-bond acceptors (Lipinski definition) is 3. The molecule has 1 aliphatic heterocycles. The number of hydrogen-bond donors (Lipinski definition) is 0. The fourth-order valence-corrected chi connectivity index (χ4v) is 3.13. The molecular formula is C14H10BrClFN3. The lowest BCUT2D eigenvalue weighted by molar-refractivity contribution is 0.630. The maximum atomic E-state index is 14.2. The van der Waals surface area contributed by atoms with Crippen LogP contribution in [0, 0.1) is 17.1 Å². The van der Waals surface area contributed by atoms with E-state index in [2.05, 4.69) is 31.9 Å². The number of aromatic nitrogens is 1. The van der Waals surface area contributed by atoms with Crippen LogP contribution in [0.1, 0.15) is 18.4 Å². The lowest BCUT2D eigenvalue weighted by atomic mass is 10.1. The van der Waals surface area contributed by atoms with Crippen LogP contribution in [-0.2, 0) is 0 Å². The molecule has 20 heavy (non-hydrogen) atoms. The monoisotopic (exact) mass is 353 g/mol. The molecule has 2 heterocycles. The lowest BCUT2D eigenvalue weighted by Crippen LogP contribution is -2.20. The van der Waals surface area contributed by atoms with Crippen molar-refractivity contribution in [2.45, 2.75) is 12.8 Å². The van der Waals surface area contributed by atoms with E-state index in [0.717, 1.165) is 25.9 Å². The second kappa shape index (κ2) is 5.19. The molecule has 6 heteroatoms. The standard InChI is InChI=1S/C14H10BrClFN3/c15-10-4-3-8-12(11(10)17)19-14(16)9(7-18)13(8)20-5-1-2-6-20/h3-4H,1-2,5-6H2. The van der Waals surface area contributed by atoms with E-state index in [1.54, 1.807) is 12.1 Å². The minimum Gasteiger partial charge on any atom is -0.370 e. The third-order valence-corrected chi connectivity index (χ3v) is 4.40. The van der Waals surface area contributed by atoms with Crippen molar-refractivity contribution >= 4 is 44.1 Å². The number of fused-ring (bicyclic) bond motifs is 1. The van der Waals surface area contributed by atoms with Crippen LogP contribution in [0.3, 0.4) is 0 Å². The zero-order valence-electron chi connectivity index (χ0n) is 10.5. The highest BCUT2D eigenvalue weighted by Crippen LogP contribution is 2.37. The highest BCUT2D eigenvalue weighted by Gasteiger charge is 2.23. The van der Waals surface area contributed by atoms with Gasteiger partial charge in [0.25, 0.3) is 0 Å². The topological polar surface area (TPSA) is 39.9 Å². The fraction of sp³-hybridized carbons (Fsp3) is 0.286. The van der Waals surface area contributed by atoms with Crippen LogP contribution in [0.5, 0.6) is 0 Å². The van der Waals surface area contributed by atoms with Gasteiger partial charge in [-0.1, -0.05) is 11.6 Å². The highest BCUT2D eigenvalue weighted by atomic mass is 79.9. The molecule has 102 valence electrons. The molecule has 2 aromatic rings. The Kier molecular flexibility index (Phi) is 3.53. The van der Waals surface area contributed by atoms with Crippen LogP contribution in [0.4, 0.5) is 10.1 Å². The first-order valence-electron chi connectivity index (χ1n) is 6.25. The number of benzene rings is 1. The van der Waals surface area contributed by atoms with Gasteiger partial charge in [-0.15, -0.1) is 0 Å². The predicted octanol–water partition coefficient (Wildman–Crippen LogP) is 4.26. The first-order chi connectivity index (χ1) is 9.63. The first-order valence-corrected chi connectivity index (χ1v) is 7.43. The second-order valence-corrected chi connectivity index (χ2v) is 5.90. The molecule has 0 unspecified atom stereocenters. The van der Waals surface area contributed by atoms with Gasteiger partial charge >= 0.3 is 0 Å². The Labute approximate surface area is 129 Å². The molecule has 3 rings (SSSR count). The summed E-state index contributed by atoms with van der Waals surface area (Å²) in [5.74, 6) is -0.450. The highest BCUT2D eigenvalue weighted by molar-refractivity contribution is 9.10. The van der Waals surface area contributed by atoms with Crippen LogP contribution >= 0.6 is 27.5 Å². The van der Waals surface area contributed by atoms with Crippen LogP contribution < -0.4 is 4.90 Å². The Hall–Kier alpha value is -1.38. The van der Waals surface area contributed by atoms with Crippen LogP contribution in [0.15, 0.2) is 16.6 Å². The van der Waals surface area contributed by atoms with Crippen molar-refractivity contribution < 1.29 is 4.39 Å². The molecule has 1 aromatic carbocycles. The Balaban J connectivity index is 2.39. The third kappa shape index (κ3) is 2.04. The lowest BCUT2D eigenvalue weighted by Gasteiger charge is -2.21. The molecular weight excluding hydrogens is 345 g/mol. The fourth-order valence-electron chi connectivity index (χ4n) is 2.60. The van der Waals surface area contributed by atoms with E-state index in [4.69, 9.17) is 11.6 Å². The van der Waals surface area contributed by atoms with Crippen LogP contribution in [0.2, 0.25) is 5.15 Å². The smallest absolute Gasteiger partial charge is 0.163 e. The maximum Gasteiger partial charge on any atom is 0.163 e. The first kappa shape index (κ1) is 13.6. The van der Waals surface area contributed by atoms with Gasteiger partial charge in [-0.05, 0) is 40.9 Å². The average molecular weight is 355 g/mol. The van der Waals surface area contributed by atoms with E-state index in [0.29, 0.717) is 21.1 Å². The Morgan fingerprint density at radius 1 is 1.35 bits per heavy atom. The molecule has 0 spiro atoms. The molecule has 1 fully saturated rings. The Morgan fingerprint density at radius 2 is 2.05 bits per heavy atom. The Bertz CT molecular complexity index is 736. The molecule has 1 aliphatic rings. The minimum atomic E-state index is -0.450. The van der Waals surface area contributed by atoms with Gasteiger partial charge in [0.1, 0.15) is 22.3 Å². The summed E-state index contributed by atoms with van der Waals surface area (Å²) >= 11 is 9.22. The third-order valence-electron chi connectivity index (χ3n) is 3.51. The molecule has 0 amide bonds. The summed E-state index contributed by atoms with van der Waals surface area (Å²) in [6.07, 6.45) is 2.12. The molecule has 0 atom stereocenters. The van der Waals surface area contributed by atoms with E-state index in [-0.39, 0.29) is 10.7 Å². The summed E-state index contributed by atoms with van der Waals surface area (Å²) in [6, 6.07) is 5.51. The van der Waals surface area contributed by atoms with Crippen LogP contribution in [-0.4, -0.2) is 18.1 Å². The SMILES string of the molecule is N#Cc1c(Cl)nc2c(F)c(Br)ccc2c1N1CCCC1. The largest absolute Gasteiger partial charge is 0.370 e. The van der Waals surface area contributed by atoms with Gasteiger partial charge < -0.3 is 4.90 Å². The van der Waals surface area contributed by atoms with Crippen LogP contribution in [0.25, 0.3) is 10.9 Å². The average Bonchev–Trinajstić information content (AvgIpc) is 2.96. The van der Waals surface area contributed by atoms with E-state index >= 15 is 0 Å². The summed E-state index contributed by atoms with van der Waals surface area (Å²) in [4.78, 5) is 6.14. The molecule has 0 N–H and O–H groups in total. The minimum absolute atomic E-state index is 0.0545. The number of pyridine rings is 1. The normalized spacial score (nSPS) is 14.8. The molecule has 3 nitrogen and oxygen atoms in total. The number of rotatable bonds is 1. The van der Waals surface area contributed by atoms with Gasteiger partial charge in [-0.3, -0.25) is 0 Å². The molecule has 0 aliphatic carbocycles. The van der Waals surface area contributed by atoms with Crippen molar-refractivity contribution in [2.24, 2.45) is 0 Å². The summed E-state index contributed by atoms with van der Waals surface area (Å²) < 4.78 is 14.5. The van der Waals surface area contributed by atoms with Crippen molar-refractivity contribution in [1.82, 2.24) is 4.98 Å². The van der Waals surface area contributed by atoms with Gasteiger partial charge in [0.05, 0.1) is 10.2 Å². The van der Waals surface area contributed by atoms with E-state index in [9.17, 15) is 9.65 Å². The number of anilines is 1. The van der Waals surface area contributed by atoms with Crippen molar-refractivity contribution in [1.29, 1.82) is 5.26 Å². The molecule has 0 bridgehead atoms. The van der Waals surface area contributed by atoms with Gasteiger partial charge in [0.15, 0.2) is 5.82 Å². The number of nitriles is 1. The summed E-state index contributed by atoms with van der Waals surface area (Å²) in [6.45, 7) is 1.70. The van der Waals surface area contributed by atoms with Gasteiger partial charge in [0, 0.05) is 18.5 Å². The molecule has 1 saturated heterocycles. The van der Waals surface area contributed by atoms with Crippen molar-refractivity contribution in [3.63, 3.8) is 0 Å². The van der Waals surface area contributed by atoms with Gasteiger partial charge in [-0.25, -0.2) is 9.37 Å². The zero-order chi connectivity index (χ0) is 14.3. The molecule has 1 aromatic heterocycles. The second-order valence-electron chi connectivity index (χ2n) is 4.69. The van der Waals surface area contributed by atoms with Gasteiger partial charge in [-0.2, -0.15) is 5.26 Å². The number of halogens is 3. The molecule has 0 saturated carbocycles. The van der Waals surface area contributed by atoms with Gasteiger partial charge in [0.2, 0.25) is 0 Å². The maximum absolute atomic E-state index is 14.2. The zero-order valence-corrected chi connectivity index (χ0v) is 12.8. The van der Waals surface area contributed by atoms with Crippen molar-refractivity contribution in [3.05, 3.63) is 33.1 Å². The van der Waals surface area contributed by atoms with Crippen molar-refractivity contribution in [3.8, 4) is 6.07 Å².